The van der Waals surface area contributed by atoms with Gasteiger partial charge in [-0.3, -0.25) is 0 Å². The van der Waals surface area contributed by atoms with Crippen LogP contribution in [-0.4, -0.2) is 56.5 Å². The summed E-state index contributed by atoms with van der Waals surface area (Å²) in [5.74, 6) is 1.41. The van der Waals surface area contributed by atoms with Crippen molar-refractivity contribution in [2.75, 3.05) is 26.2 Å². The largest absolute Gasteiger partial charge is 0.396 e. The lowest BCUT2D eigenvalue weighted by molar-refractivity contribution is 0.131. The lowest BCUT2D eigenvalue weighted by atomic mass is 9.98. The number of hydrogen-bond acceptors (Lipinski definition) is 5. The number of nitrogens with zero attached hydrogens (tertiary/aromatic N) is 5. The number of tetrazole rings is 1. The summed E-state index contributed by atoms with van der Waals surface area (Å²) in [7, 11) is 0. The molecule has 0 aliphatic carbocycles. The van der Waals surface area contributed by atoms with Gasteiger partial charge in [0.25, 0.3) is 0 Å². The molecule has 118 valence electrons. The summed E-state index contributed by atoms with van der Waals surface area (Å²) < 4.78 is 1.82. The Labute approximate surface area is 130 Å². The van der Waals surface area contributed by atoms with E-state index in [4.69, 9.17) is 0 Å². The van der Waals surface area contributed by atoms with Crippen LogP contribution in [0.15, 0.2) is 30.3 Å². The summed E-state index contributed by atoms with van der Waals surface area (Å²) in [6.07, 6.45) is 4.15. The number of para-hydroxylation sites is 1. The van der Waals surface area contributed by atoms with E-state index in [0.29, 0.717) is 12.5 Å². The zero-order chi connectivity index (χ0) is 15.2. The first-order chi connectivity index (χ1) is 10.9. The van der Waals surface area contributed by atoms with Gasteiger partial charge in [-0.15, -0.1) is 5.10 Å². The average Bonchev–Trinajstić information content (AvgIpc) is 3.05. The molecule has 1 aromatic carbocycles. The quantitative estimate of drug-likeness (QED) is 0.871. The third-order valence-corrected chi connectivity index (χ3v) is 4.37. The molecule has 0 unspecified atom stereocenters. The molecule has 1 saturated heterocycles. The second-order valence-corrected chi connectivity index (χ2v) is 5.91. The maximum atomic E-state index is 9.17. The lowest BCUT2D eigenvalue weighted by Gasteiger charge is -2.30. The van der Waals surface area contributed by atoms with Crippen LogP contribution in [-0.2, 0) is 6.42 Å². The van der Waals surface area contributed by atoms with Gasteiger partial charge in [0.05, 0.1) is 5.69 Å². The van der Waals surface area contributed by atoms with E-state index in [-0.39, 0.29) is 0 Å². The van der Waals surface area contributed by atoms with Gasteiger partial charge in [0, 0.05) is 13.0 Å². The van der Waals surface area contributed by atoms with E-state index >= 15 is 0 Å². The molecule has 1 aliphatic rings. The third-order valence-electron chi connectivity index (χ3n) is 4.37. The van der Waals surface area contributed by atoms with Crippen LogP contribution in [0.25, 0.3) is 5.69 Å². The van der Waals surface area contributed by atoms with Gasteiger partial charge in [0.2, 0.25) is 0 Å². The van der Waals surface area contributed by atoms with Gasteiger partial charge in [0.15, 0.2) is 5.82 Å². The van der Waals surface area contributed by atoms with Crippen LogP contribution in [0, 0.1) is 5.92 Å². The van der Waals surface area contributed by atoms with Gasteiger partial charge in [-0.25, -0.2) is 0 Å². The number of piperidine rings is 1. The van der Waals surface area contributed by atoms with Crippen molar-refractivity contribution in [3.05, 3.63) is 36.2 Å². The van der Waals surface area contributed by atoms with Gasteiger partial charge >= 0.3 is 0 Å². The lowest BCUT2D eigenvalue weighted by Crippen LogP contribution is -2.35. The number of aliphatic hydroxyl groups is 1. The Morgan fingerprint density at radius 3 is 2.64 bits per heavy atom. The number of rotatable bonds is 6. The van der Waals surface area contributed by atoms with Gasteiger partial charge < -0.3 is 10.0 Å². The van der Waals surface area contributed by atoms with E-state index in [1.807, 2.05) is 35.0 Å². The molecule has 6 heteroatoms. The van der Waals surface area contributed by atoms with Crippen molar-refractivity contribution in [1.29, 1.82) is 0 Å². The monoisotopic (exact) mass is 301 g/mol. The summed E-state index contributed by atoms with van der Waals surface area (Å²) in [6.45, 7) is 3.59. The highest BCUT2D eigenvalue weighted by Crippen LogP contribution is 2.17. The fourth-order valence-electron chi connectivity index (χ4n) is 2.98. The smallest absolute Gasteiger partial charge is 0.156 e. The minimum Gasteiger partial charge on any atom is -0.396 e. The molecule has 2 aromatic rings. The standard InChI is InChI=1S/C16H23N5O/c22-13-14-8-11-20(12-9-14)10-4-7-16-17-18-19-21(16)15-5-2-1-3-6-15/h1-3,5-6,14,22H,4,7-13H2. The Morgan fingerprint density at radius 2 is 1.91 bits per heavy atom. The zero-order valence-corrected chi connectivity index (χ0v) is 12.8. The molecule has 1 aliphatic heterocycles. The minimum absolute atomic E-state index is 0.333. The van der Waals surface area contributed by atoms with Gasteiger partial charge in [-0.2, -0.15) is 4.68 Å². The Balaban J connectivity index is 1.50. The molecule has 0 bridgehead atoms. The van der Waals surface area contributed by atoms with Gasteiger partial charge in [-0.05, 0) is 67.4 Å². The molecule has 0 radical (unpaired) electrons. The molecule has 0 atom stereocenters. The van der Waals surface area contributed by atoms with Crippen molar-refractivity contribution in [3.8, 4) is 5.69 Å². The minimum atomic E-state index is 0.333. The molecule has 22 heavy (non-hydrogen) atoms. The Bertz CT molecular complexity index is 563. The van der Waals surface area contributed by atoms with E-state index in [1.54, 1.807) is 0 Å². The fraction of sp³-hybridized carbons (Fsp3) is 0.562. The first-order valence-electron chi connectivity index (χ1n) is 8.02. The summed E-state index contributed by atoms with van der Waals surface area (Å²) in [4.78, 5) is 2.48. The SMILES string of the molecule is OCC1CCN(CCCc2nnnn2-c2ccccc2)CC1. The topological polar surface area (TPSA) is 67.1 Å². The highest BCUT2D eigenvalue weighted by atomic mass is 16.3. The van der Waals surface area contributed by atoms with Gasteiger partial charge in [0.1, 0.15) is 0 Å². The van der Waals surface area contributed by atoms with Crippen LogP contribution >= 0.6 is 0 Å². The molecule has 2 heterocycles. The predicted octanol–water partition coefficient (Wildman–Crippen LogP) is 1.30. The molecule has 1 fully saturated rings. The highest BCUT2D eigenvalue weighted by Gasteiger charge is 2.18. The average molecular weight is 301 g/mol. The second-order valence-electron chi connectivity index (χ2n) is 5.91. The maximum Gasteiger partial charge on any atom is 0.156 e. The van der Waals surface area contributed by atoms with E-state index in [1.165, 1.54) is 0 Å². The molecule has 3 rings (SSSR count). The van der Waals surface area contributed by atoms with Crippen molar-refractivity contribution in [1.82, 2.24) is 25.1 Å². The van der Waals surface area contributed by atoms with Crippen molar-refractivity contribution >= 4 is 0 Å². The highest BCUT2D eigenvalue weighted by molar-refractivity contribution is 5.30. The van der Waals surface area contributed by atoms with Crippen LogP contribution in [0.2, 0.25) is 0 Å². The van der Waals surface area contributed by atoms with Crippen molar-refractivity contribution in [2.45, 2.75) is 25.7 Å². The maximum absolute atomic E-state index is 9.17. The molecule has 1 N–H and O–H groups in total. The Kier molecular flexibility index (Phi) is 5.13. The van der Waals surface area contributed by atoms with Crippen molar-refractivity contribution in [3.63, 3.8) is 0 Å². The third kappa shape index (κ3) is 3.69. The fourth-order valence-corrected chi connectivity index (χ4v) is 2.98. The number of hydrogen-bond donors (Lipinski definition) is 1. The molecule has 1 aromatic heterocycles. The number of aromatic nitrogens is 4. The molecule has 0 saturated carbocycles. The summed E-state index contributed by atoms with van der Waals surface area (Å²) >= 11 is 0. The second kappa shape index (κ2) is 7.47. The Hall–Kier alpha value is -1.79. The molecular formula is C16H23N5O. The van der Waals surface area contributed by atoms with E-state index < -0.39 is 0 Å². The first kappa shape index (κ1) is 15.1. The zero-order valence-electron chi connectivity index (χ0n) is 12.8. The Morgan fingerprint density at radius 1 is 1.14 bits per heavy atom. The normalized spacial score (nSPS) is 17.0. The van der Waals surface area contributed by atoms with E-state index in [2.05, 4.69) is 20.4 Å². The van der Waals surface area contributed by atoms with Crippen LogP contribution in [0.1, 0.15) is 25.1 Å². The molecule has 0 amide bonds. The number of aryl methyl sites for hydroxylation is 1. The van der Waals surface area contributed by atoms with Crippen LogP contribution in [0.3, 0.4) is 0 Å². The van der Waals surface area contributed by atoms with E-state index in [9.17, 15) is 5.11 Å². The van der Waals surface area contributed by atoms with Crippen molar-refractivity contribution in [2.24, 2.45) is 5.92 Å². The summed E-state index contributed by atoms with van der Waals surface area (Å²) in [6, 6.07) is 10.0. The first-order valence-corrected chi connectivity index (χ1v) is 8.02. The summed E-state index contributed by atoms with van der Waals surface area (Å²) in [5.41, 5.74) is 1.01. The molecule has 0 spiro atoms. The van der Waals surface area contributed by atoms with Crippen LogP contribution < -0.4 is 0 Å². The number of benzene rings is 1. The predicted molar refractivity (Wildman–Crippen MR) is 83.7 cm³/mol. The summed E-state index contributed by atoms with van der Waals surface area (Å²) in [5, 5.41) is 21.2. The number of likely N-dealkylation sites (tertiary alicyclic amines) is 1. The molecular weight excluding hydrogens is 278 g/mol. The van der Waals surface area contributed by atoms with Crippen molar-refractivity contribution < 1.29 is 5.11 Å². The van der Waals surface area contributed by atoms with E-state index in [0.717, 1.165) is 56.8 Å². The van der Waals surface area contributed by atoms with Crippen LogP contribution in [0.5, 0.6) is 0 Å². The number of aliphatic hydroxyl groups excluding tert-OH is 1. The van der Waals surface area contributed by atoms with Gasteiger partial charge in [-0.1, -0.05) is 18.2 Å². The molecule has 6 nitrogen and oxygen atoms in total. The van der Waals surface area contributed by atoms with Crippen LogP contribution in [0.4, 0.5) is 0 Å².